The molecule has 10 N–H and O–H groups in total. The topological polar surface area (TPSA) is 221 Å². The minimum atomic E-state index is -2.42. The molecule has 0 saturated carbocycles. The molecule has 2 atom stereocenters. The standard InChI is InChI=1S/C26H18O12/c27-15-13(16(28)20(32)23(35)19(15)31)25-9-5-1-3-7-11(9)37-26(25,10-6-2-4-8-12(10)38-25)14-17(29)21(33)24(36)22(34)18(14)30/h1-8,27-36H. The van der Waals surface area contributed by atoms with Crippen LogP contribution in [0.5, 0.6) is 69.0 Å². The van der Waals surface area contributed by atoms with Gasteiger partial charge in [-0.3, -0.25) is 0 Å². The van der Waals surface area contributed by atoms with Crippen LogP contribution in [0, 0.1) is 0 Å². The van der Waals surface area contributed by atoms with Crippen molar-refractivity contribution in [2.24, 2.45) is 0 Å². The Kier molecular flexibility index (Phi) is 4.24. The molecule has 2 aliphatic heterocycles. The second-order valence-electron chi connectivity index (χ2n) is 8.79. The van der Waals surface area contributed by atoms with Crippen LogP contribution in [0.15, 0.2) is 48.5 Å². The van der Waals surface area contributed by atoms with Crippen molar-refractivity contribution in [1.82, 2.24) is 0 Å². The SMILES string of the molecule is Oc1c(O)c(O)c(C23Oc4ccccc4C2(c2c(O)c(O)c(O)c(O)c2O)Oc2ccccc23)c(O)c1O. The number of benzene rings is 4. The summed E-state index contributed by atoms with van der Waals surface area (Å²) >= 11 is 0. The molecule has 0 saturated heterocycles. The lowest BCUT2D eigenvalue weighted by atomic mass is 9.68. The lowest BCUT2D eigenvalue weighted by molar-refractivity contribution is -0.0207. The Labute approximate surface area is 211 Å². The third kappa shape index (κ3) is 2.29. The summed E-state index contributed by atoms with van der Waals surface area (Å²) in [6, 6.07) is 11.9. The molecular weight excluding hydrogens is 504 g/mol. The van der Waals surface area contributed by atoms with Crippen molar-refractivity contribution in [1.29, 1.82) is 0 Å². The van der Waals surface area contributed by atoms with Gasteiger partial charge in [0.25, 0.3) is 0 Å². The lowest BCUT2D eigenvalue weighted by Gasteiger charge is -2.39. The Morgan fingerprint density at radius 2 is 0.632 bits per heavy atom. The molecule has 194 valence electrons. The van der Waals surface area contributed by atoms with Crippen molar-refractivity contribution < 1.29 is 60.5 Å². The van der Waals surface area contributed by atoms with Crippen LogP contribution in [0.2, 0.25) is 0 Å². The number of aromatic hydroxyl groups is 10. The molecule has 2 unspecified atom stereocenters. The van der Waals surface area contributed by atoms with Gasteiger partial charge in [-0.05, 0) is 12.1 Å². The Morgan fingerprint density at radius 1 is 0.368 bits per heavy atom. The summed E-state index contributed by atoms with van der Waals surface area (Å²) in [5, 5.41) is 106. The van der Waals surface area contributed by atoms with Gasteiger partial charge in [-0.25, -0.2) is 0 Å². The van der Waals surface area contributed by atoms with E-state index in [1.807, 2.05) is 0 Å². The minimum Gasteiger partial charge on any atom is -0.504 e. The van der Waals surface area contributed by atoms with E-state index in [-0.39, 0.29) is 22.6 Å². The summed E-state index contributed by atoms with van der Waals surface area (Å²) < 4.78 is 12.6. The van der Waals surface area contributed by atoms with Gasteiger partial charge < -0.3 is 60.5 Å². The first-order valence-corrected chi connectivity index (χ1v) is 11.0. The Hall–Kier alpha value is -5.52. The molecule has 0 radical (unpaired) electrons. The van der Waals surface area contributed by atoms with Crippen LogP contribution in [0.3, 0.4) is 0 Å². The first kappa shape index (κ1) is 22.9. The van der Waals surface area contributed by atoms with E-state index in [2.05, 4.69) is 0 Å². The largest absolute Gasteiger partial charge is 0.504 e. The van der Waals surface area contributed by atoms with Gasteiger partial charge in [0.1, 0.15) is 11.5 Å². The zero-order chi connectivity index (χ0) is 27.3. The van der Waals surface area contributed by atoms with Gasteiger partial charge in [0.15, 0.2) is 23.0 Å². The maximum absolute atomic E-state index is 11.1. The van der Waals surface area contributed by atoms with Crippen LogP contribution in [-0.4, -0.2) is 51.1 Å². The summed E-state index contributed by atoms with van der Waals surface area (Å²) in [7, 11) is 0. The van der Waals surface area contributed by atoms with Crippen molar-refractivity contribution in [3.05, 3.63) is 70.8 Å². The maximum Gasteiger partial charge on any atom is 0.218 e. The predicted molar refractivity (Wildman–Crippen MR) is 125 cm³/mol. The number of hydrogen-bond donors (Lipinski definition) is 10. The fraction of sp³-hybridized carbons (Fsp3) is 0.0769. The summed E-state index contributed by atoms with van der Waals surface area (Å²) in [6.45, 7) is 0. The lowest BCUT2D eigenvalue weighted by Crippen LogP contribution is -2.50. The first-order chi connectivity index (χ1) is 18.0. The van der Waals surface area contributed by atoms with Gasteiger partial charge in [0, 0.05) is 11.1 Å². The van der Waals surface area contributed by atoms with E-state index >= 15 is 0 Å². The Bertz CT molecular complexity index is 1510. The highest BCUT2D eigenvalue weighted by atomic mass is 16.6. The van der Waals surface area contributed by atoms with Crippen LogP contribution >= 0.6 is 0 Å². The number of phenols is 10. The van der Waals surface area contributed by atoms with Crippen molar-refractivity contribution in [2.45, 2.75) is 11.2 Å². The minimum absolute atomic E-state index is 0.00119. The second-order valence-corrected chi connectivity index (χ2v) is 8.79. The number of hydrogen-bond acceptors (Lipinski definition) is 12. The van der Waals surface area contributed by atoms with E-state index in [1.165, 1.54) is 36.4 Å². The number of rotatable bonds is 2. The van der Waals surface area contributed by atoms with Gasteiger partial charge in [0.2, 0.25) is 45.7 Å². The zero-order valence-corrected chi connectivity index (χ0v) is 18.9. The highest BCUT2D eigenvalue weighted by Gasteiger charge is 2.74. The molecule has 0 spiro atoms. The summed E-state index contributed by atoms with van der Waals surface area (Å²) in [5.74, 6) is -12.1. The highest BCUT2D eigenvalue weighted by Crippen LogP contribution is 2.73. The Morgan fingerprint density at radius 3 is 0.947 bits per heavy atom. The number of fused-ring (bicyclic) bond motifs is 5. The van der Waals surface area contributed by atoms with Crippen molar-refractivity contribution in [3.63, 3.8) is 0 Å². The van der Waals surface area contributed by atoms with Crippen LogP contribution in [0.1, 0.15) is 22.3 Å². The van der Waals surface area contributed by atoms with Crippen LogP contribution in [-0.2, 0) is 11.2 Å². The van der Waals surface area contributed by atoms with Crippen molar-refractivity contribution in [2.75, 3.05) is 0 Å². The molecule has 12 heteroatoms. The summed E-state index contributed by atoms with van der Waals surface area (Å²) in [6.07, 6.45) is 0. The van der Waals surface area contributed by atoms with Gasteiger partial charge in [-0.1, -0.05) is 36.4 Å². The normalized spacial score (nSPS) is 20.7. The van der Waals surface area contributed by atoms with E-state index in [0.717, 1.165) is 0 Å². The molecule has 2 heterocycles. The van der Waals surface area contributed by atoms with Crippen LogP contribution in [0.4, 0.5) is 0 Å². The van der Waals surface area contributed by atoms with Crippen LogP contribution < -0.4 is 9.47 Å². The van der Waals surface area contributed by atoms with Gasteiger partial charge in [-0.15, -0.1) is 0 Å². The van der Waals surface area contributed by atoms with Crippen molar-refractivity contribution in [3.8, 4) is 69.0 Å². The second kappa shape index (κ2) is 7.03. The van der Waals surface area contributed by atoms with E-state index in [4.69, 9.17) is 9.47 Å². The molecule has 12 nitrogen and oxygen atoms in total. The molecule has 0 amide bonds. The monoisotopic (exact) mass is 522 g/mol. The van der Waals surface area contributed by atoms with Gasteiger partial charge in [-0.2, -0.15) is 0 Å². The maximum atomic E-state index is 11.1. The van der Waals surface area contributed by atoms with Gasteiger partial charge in [0.05, 0.1) is 11.1 Å². The molecule has 0 aromatic heterocycles. The summed E-state index contributed by atoms with van der Waals surface area (Å²) in [4.78, 5) is 0. The number of para-hydroxylation sites is 2. The molecule has 6 rings (SSSR count). The quantitative estimate of drug-likeness (QED) is 0.136. The molecule has 0 aliphatic carbocycles. The molecular formula is C26H18O12. The average Bonchev–Trinajstić information content (AvgIpc) is 3.35. The summed E-state index contributed by atoms with van der Waals surface area (Å²) in [5.41, 5.74) is -6.33. The fourth-order valence-corrected chi connectivity index (χ4v) is 5.42. The van der Waals surface area contributed by atoms with E-state index < -0.39 is 79.8 Å². The van der Waals surface area contributed by atoms with E-state index in [0.29, 0.717) is 0 Å². The predicted octanol–water partition coefficient (Wildman–Crippen LogP) is 2.71. The van der Waals surface area contributed by atoms with Crippen molar-refractivity contribution >= 4 is 0 Å². The fourth-order valence-electron chi connectivity index (χ4n) is 5.42. The van der Waals surface area contributed by atoms with E-state index in [9.17, 15) is 51.1 Å². The Balaban J connectivity index is 1.90. The molecule has 0 fully saturated rings. The molecule has 4 aromatic rings. The van der Waals surface area contributed by atoms with Crippen LogP contribution in [0.25, 0.3) is 0 Å². The zero-order valence-electron chi connectivity index (χ0n) is 18.9. The number of phenolic OH excluding ortho intramolecular Hbond substituents is 10. The third-order valence-electron chi connectivity index (χ3n) is 7.00. The van der Waals surface area contributed by atoms with E-state index in [1.54, 1.807) is 12.1 Å². The molecule has 4 aromatic carbocycles. The molecule has 2 aliphatic rings. The smallest absolute Gasteiger partial charge is 0.218 e. The molecule has 38 heavy (non-hydrogen) atoms. The first-order valence-electron chi connectivity index (χ1n) is 11.0. The molecule has 0 bridgehead atoms. The number of ether oxygens (including phenoxy) is 2. The highest BCUT2D eigenvalue weighted by molar-refractivity contribution is 5.80. The van der Waals surface area contributed by atoms with Gasteiger partial charge >= 0.3 is 0 Å². The average molecular weight is 522 g/mol. The third-order valence-corrected chi connectivity index (χ3v) is 7.00.